The third kappa shape index (κ3) is 2.70. The molecule has 2 N–H and O–H groups in total. The molecule has 80 valence electrons. The van der Waals surface area contributed by atoms with Crippen LogP contribution >= 0.6 is 0 Å². The van der Waals surface area contributed by atoms with Crippen LogP contribution in [-0.2, 0) is 4.74 Å². The summed E-state index contributed by atoms with van der Waals surface area (Å²) in [5, 5.41) is 10.7. The molecule has 0 spiro atoms. The highest BCUT2D eigenvalue weighted by atomic mass is 16.5. The molecule has 0 atom stereocenters. The normalized spacial score (nSPS) is 9.47. The lowest BCUT2D eigenvalue weighted by atomic mass is 10.1. The van der Waals surface area contributed by atoms with Crippen molar-refractivity contribution in [2.45, 2.75) is 6.92 Å². The molecule has 1 rings (SSSR count). The molecule has 0 aliphatic carbocycles. The van der Waals surface area contributed by atoms with Crippen LogP contribution in [0.3, 0.4) is 0 Å². The van der Waals surface area contributed by atoms with Crippen LogP contribution in [0.4, 0.5) is 10.5 Å². The van der Waals surface area contributed by atoms with Gasteiger partial charge in [-0.05, 0) is 24.6 Å². The highest BCUT2D eigenvalue weighted by Crippen LogP contribution is 2.16. The van der Waals surface area contributed by atoms with Gasteiger partial charge >= 0.3 is 12.1 Å². The quantitative estimate of drug-likeness (QED) is 0.729. The van der Waals surface area contributed by atoms with Crippen molar-refractivity contribution in [3.05, 3.63) is 29.3 Å². The Balaban J connectivity index is 3.05. The minimum Gasteiger partial charge on any atom is -0.465 e. The molecule has 0 heterocycles. The van der Waals surface area contributed by atoms with Gasteiger partial charge in [-0.3, -0.25) is 5.32 Å². The van der Waals surface area contributed by atoms with Crippen molar-refractivity contribution >= 4 is 17.7 Å². The Morgan fingerprint density at radius 1 is 1.40 bits per heavy atom. The van der Waals surface area contributed by atoms with Gasteiger partial charge < -0.3 is 9.84 Å². The summed E-state index contributed by atoms with van der Waals surface area (Å²) in [5.74, 6) is -0.485. The van der Waals surface area contributed by atoms with E-state index >= 15 is 0 Å². The zero-order chi connectivity index (χ0) is 11.4. The first kappa shape index (κ1) is 11.0. The van der Waals surface area contributed by atoms with E-state index in [2.05, 4.69) is 10.1 Å². The number of nitrogens with one attached hydrogen (secondary N) is 1. The van der Waals surface area contributed by atoms with Crippen molar-refractivity contribution in [3.63, 3.8) is 0 Å². The SMILES string of the molecule is COC(=O)c1cc(NC(=O)O)ccc1C. The van der Waals surface area contributed by atoms with Crippen LogP contribution in [0.25, 0.3) is 0 Å². The largest absolute Gasteiger partial charge is 0.465 e. The second kappa shape index (κ2) is 4.45. The van der Waals surface area contributed by atoms with Crippen molar-refractivity contribution in [3.8, 4) is 0 Å². The van der Waals surface area contributed by atoms with E-state index in [9.17, 15) is 9.59 Å². The molecule has 0 unspecified atom stereocenters. The fourth-order valence-corrected chi connectivity index (χ4v) is 1.15. The number of hydrogen-bond acceptors (Lipinski definition) is 3. The fraction of sp³-hybridized carbons (Fsp3) is 0.200. The Hall–Kier alpha value is -2.04. The summed E-state index contributed by atoms with van der Waals surface area (Å²) < 4.78 is 4.56. The highest BCUT2D eigenvalue weighted by molar-refractivity contribution is 5.93. The Morgan fingerprint density at radius 3 is 2.60 bits per heavy atom. The number of hydrogen-bond donors (Lipinski definition) is 2. The van der Waals surface area contributed by atoms with E-state index in [1.165, 1.54) is 13.2 Å². The molecule has 0 aliphatic heterocycles. The number of anilines is 1. The smallest absolute Gasteiger partial charge is 0.409 e. The average molecular weight is 209 g/mol. The second-order valence-corrected chi connectivity index (χ2v) is 2.95. The first-order chi connectivity index (χ1) is 7.04. The Morgan fingerprint density at radius 2 is 2.07 bits per heavy atom. The van der Waals surface area contributed by atoms with Gasteiger partial charge in [0.1, 0.15) is 0 Å². The van der Waals surface area contributed by atoms with Crippen molar-refractivity contribution in [2.75, 3.05) is 12.4 Å². The predicted octanol–water partition coefficient (Wildman–Crippen LogP) is 1.87. The molecule has 0 aliphatic rings. The summed E-state index contributed by atoms with van der Waals surface area (Å²) in [6.45, 7) is 1.75. The summed E-state index contributed by atoms with van der Waals surface area (Å²) in [6, 6.07) is 4.67. The topological polar surface area (TPSA) is 75.6 Å². The number of carbonyl (C=O) groups excluding carboxylic acids is 1. The predicted molar refractivity (Wildman–Crippen MR) is 54.2 cm³/mol. The van der Waals surface area contributed by atoms with E-state index in [1.54, 1.807) is 19.1 Å². The lowest BCUT2D eigenvalue weighted by molar-refractivity contribution is 0.0600. The molecule has 5 nitrogen and oxygen atoms in total. The van der Waals surface area contributed by atoms with Gasteiger partial charge in [-0.15, -0.1) is 0 Å². The maximum Gasteiger partial charge on any atom is 0.409 e. The van der Waals surface area contributed by atoms with Crippen molar-refractivity contribution in [1.29, 1.82) is 0 Å². The van der Waals surface area contributed by atoms with Crippen LogP contribution in [0.5, 0.6) is 0 Å². The van der Waals surface area contributed by atoms with Crippen molar-refractivity contribution in [2.24, 2.45) is 0 Å². The van der Waals surface area contributed by atoms with Crippen LogP contribution < -0.4 is 5.32 Å². The molecule has 0 aromatic heterocycles. The van der Waals surface area contributed by atoms with Crippen molar-refractivity contribution in [1.82, 2.24) is 0 Å². The molecule has 1 aromatic carbocycles. The zero-order valence-corrected chi connectivity index (χ0v) is 8.40. The third-order valence-corrected chi connectivity index (χ3v) is 1.89. The molecule has 0 radical (unpaired) electrons. The van der Waals surface area contributed by atoms with E-state index < -0.39 is 12.1 Å². The lowest BCUT2D eigenvalue weighted by Gasteiger charge is -2.06. The number of methoxy groups -OCH3 is 1. The van der Waals surface area contributed by atoms with Gasteiger partial charge in [0.15, 0.2) is 0 Å². The van der Waals surface area contributed by atoms with Gasteiger partial charge in [0.25, 0.3) is 0 Å². The molecular weight excluding hydrogens is 198 g/mol. The second-order valence-electron chi connectivity index (χ2n) is 2.95. The standard InChI is InChI=1S/C10H11NO4/c1-6-3-4-7(11-10(13)14)5-8(6)9(12)15-2/h3-5,11H,1-2H3,(H,13,14). The van der Waals surface area contributed by atoms with Gasteiger partial charge in [0.05, 0.1) is 12.7 Å². The van der Waals surface area contributed by atoms with E-state index in [4.69, 9.17) is 5.11 Å². The van der Waals surface area contributed by atoms with Gasteiger partial charge in [0, 0.05) is 5.69 Å². The molecule has 0 bridgehead atoms. The average Bonchev–Trinajstić information content (AvgIpc) is 2.19. The summed E-state index contributed by atoms with van der Waals surface area (Å²) in [6.07, 6.45) is -1.17. The number of esters is 1. The van der Waals surface area contributed by atoms with E-state index in [0.717, 1.165) is 5.56 Å². The van der Waals surface area contributed by atoms with Crippen molar-refractivity contribution < 1.29 is 19.4 Å². The summed E-state index contributed by atoms with van der Waals surface area (Å²) in [7, 11) is 1.28. The summed E-state index contributed by atoms with van der Waals surface area (Å²) in [4.78, 5) is 21.7. The number of carboxylic acid groups (broad SMARTS) is 1. The molecule has 0 fully saturated rings. The number of carbonyl (C=O) groups is 2. The molecule has 0 saturated carbocycles. The van der Waals surface area contributed by atoms with Crippen LogP contribution in [0, 0.1) is 6.92 Å². The minimum absolute atomic E-state index is 0.341. The Labute approximate surface area is 86.7 Å². The van der Waals surface area contributed by atoms with E-state index in [-0.39, 0.29) is 0 Å². The molecule has 1 aromatic rings. The summed E-state index contributed by atoms with van der Waals surface area (Å²) >= 11 is 0. The van der Waals surface area contributed by atoms with E-state index in [0.29, 0.717) is 11.3 Å². The number of amides is 1. The number of aryl methyl sites for hydroxylation is 1. The maximum atomic E-state index is 11.3. The number of ether oxygens (including phenoxy) is 1. The van der Waals surface area contributed by atoms with Crippen LogP contribution in [0.15, 0.2) is 18.2 Å². The zero-order valence-electron chi connectivity index (χ0n) is 8.40. The monoisotopic (exact) mass is 209 g/mol. The molecule has 1 amide bonds. The molecule has 15 heavy (non-hydrogen) atoms. The summed E-state index contributed by atoms with van der Waals surface area (Å²) in [5.41, 5.74) is 1.43. The van der Waals surface area contributed by atoms with Gasteiger partial charge in [0.2, 0.25) is 0 Å². The molecule has 0 saturated heterocycles. The van der Waals surface area contributed by atoms with Gasteiger partial charge in [-0.2, -0.15) is 0 Å². The first-order valence-electron chi connectivity index (χ1n) is 4.23. The van der Waals surface area contributed by atoms with Crippen LogP contribution in [0.2, 0.25) is 0 Å². The van der Waals surface area contributed by atoms with Crippen LogP contribution in [-0.4, -0.2) is 24.3 Å². The van der Waals surface area contributed by atoms with Gasteiger partial charge in [-0.1, -0.05) is 6.07 Å². The van der Waals surface area contributed by atoms with E-state index in [1.807, 2.05) is 0 Å². The maximum absolute atomic E-state index is 11.3. The number of benzene rings is 1. The molecule has 5 heteroatoms. The first-order valence-corrected chi connectivity index (χ1v) is 4.23. The Kier molecular flexibility index (Phi) is 3.28. The lowest BCUT2D eigenvalue weighted by Crippen LogP contribution is -2.09. The minimum atomic E-state index is -1.17. The van der Waals surface area contributed by atoms with Crippen LogP contribution in [0.1, 0.15) is 15.9 Å². The highest BCUT2D eigenvalue weighted by Gasteiger charge is 2.10. The Bertz CT molecular complexity index is 400. The van der Waals surface area contributed by atoms with Gasteiger partial charge in [-0.25, -0.2) is 9.59 Å². The molecular formula is C10H11NO4. The number of rotatable bonds is 2. The third-order valence-electron chi connectivity index (χ3n) is 1.89. The fourth-order valence-electron chi connectivity index (χ4n) is 1.15.